The van der Waals surface area contributed by atoms with Crippen molar-refractivity contribution in [2.24, 2.45) is 5.73 Å². The number of fused-ring (bicyclic) bond motifs is 1. The predicted molar refractivity (Wildman–Crippen MR) is 90.7 cm³/mol. The Labute approximate surface area is 127 Å². The van der Waals surface area contributed by atoms with Gasteiger partial charge in [-0.2, -0.15) is 0 Å². The lowest BCUT2D eigenvalue weighted by Gasteiger charge is -2.37. The molecule has 1 aliphatic rings. The molecule has 110 valence electrons. The van der Waals surface area contributed by atoms with Crippen molar-refractivity contribution >= 4 is 17.1 Å². The van der Waals surface area contributed by atoms with Gasteiger partial charge in [-0.15, -0.1) is 0 Å². The minimum Gasteiger partial charge on any atom is -0.371 e. The number of nitrogens with zero attached hydrogens (tertiary/aromatic N) is 2. The van der Waals surface area contributed by atoms with E-state index < -0.39 is 0 Å². The van der Waals surface area contributed by atoms with E-state index in [2.05, 4.69) is 66.2 Å². The molecule has 2 aromatic carbocycles. The molecule has 21 heavy (non-hydrogen) atoms. The van der Waals surface area contributed by atoms with Crippen molar-refractivity contribution in [2.45, 2.75) is 13.3 Å². The maximum atomic E-state index is 5.65. The SMILES string of the molecule is Cc1cc(CCN)ccc1N1CCN(C)c2ccccc21. The first kappa shape index (κ1) is 14.0. The summed E-state index contributed by atoms with van der Waals surface area (Å²) in [5.41, 5.74) is 12.2. The standard InChI is InChI=1S/C18H23N3/c1-14-13-15(9-10-19)7-8-16(14)21-12-11-20(2)17-5-3-4-6-18(17)21/h3-8,13H,9-12,19H2,1-2H3. The van der Waals surface area contributed by atoms with Gasteiger partial charge >= 0.3 is 0 Å². The molecule has 0 saturated heterocycles. The molecule has 0 radical (unpaired) electrons. The Bertz CT molecular complexity index is 636. The van der Waals surface area contributed by atoms with Gasteiger partial charge in [-0.05, 0) is 49.2 Å². The molecule has 3 rings (SSSR count). The van der Waals surface area contributed by atoms with E-state index in [9.17, 15) is 0 Å². The van der Waals surface area contributed by atoms with Gasteiger partial charge in [-0.3, -0.25) is 0 Å². The predicted octanol–water partition coefficient (Wildman–Crippen LogP) is 3.08. The molecule has 0 aliphatic carbocycles. The molecule has 1 heterocycles. The van der Waals surface area contributed by atoms with Crippen LogP contribution < -0.4 is 15.5 Å². The van der Waals surface area contributed by atoms with E-state index in [0.29, 0.717) is 6.54 Å². The largest absolute Gasteiger partial charge is 0.371 e. The number of likely N-dealkylation sites (N-methyl/N-ethyl adjacent to an activating group) is 1. The molecule has 2 aromatic rings. The fraction of sp³-hybridized carbons (Fsp3) is 0.333. The number of aryl methyl sites for hydroxylation is 1. The highest BCUT2D eigenvalue weighted by Gasteiger charge is 2.21. The van der Waals surface area contributed by atoms with Gasteiger partial charge in [0, 0.05) is 25.8 Å². The van der Waals surface area contributed by atoms with Crippen LogP contribution in [-0.2, 0) is 6.42 Å². The molecule has 2 N–H and O–H groups in total. The van der Waals surface area contributed by atoms with Crippen LogP contribution >= 0.6 is 0 Å². The van der Waals surface area contributed by atoms with Gasteiger partial charge in [-0.1, -0.05) is 24.3 Å². The van der Waals surface area contributed by atoms with Crippen LogP contribution in [0, 0.1) is 6.92 Å². The highest BCUT2D eigenvalue weighted by atomic mass is 15.3. The summed E-state index contributed by atoms with van der Waals surface area (Å²) in [4.78, 5) is 4.75. The van der Waals surface area contributed by atoms with E-state index in [1.807, 2.05) is 0 Å². The Morgan fingerprint density at radius 2 is 1.76 bits per heavy atom. The fourth-order valence-electron chi connectivity index (χ4n) is 3.10. The summed E-state index contributed by atoms with van der Waals surface area (Å²) >= 11 is 0. The molecule has 0 spiro atoms. The van der Waals surface area contributed by atoms with Gasteiger partial charge < -0.3 is 15.5 Å². The number of hydrogen-bond acceptors (Lipinski definition) is 3. The number of nitrogens with two attached hydrogens (primary N) is 1. The molecule has 0 amide bonds. The van der Waals surface area contributed by atoms with Gasteiger partial charge in [-0.25, -0.2) is 0 Å². The monoisotopic (exact) mass is 281 g/mol. The van der Waals surface area contributed by atoms with Crippen molar-refractivity contribution in [3.8, 4) is 0 Å². The second kappa shape index (κ2) is 5.78. The molecule has 0 unspecified atom stereocenters. The van der Waals surface area contributed by atoms with Gasteiger partial charge in [0.25, 0.3) is 0 Å². The van der Waals surface area contributed by atoms with Crippen molar-refractivity contribution in [1.29, 1.82) is 0 Å². The maximum Gasteiger partial charge on any atom is 0.0649 e. The highest BCUT2D eigenvalue weighted by molar-refractivity contribution is 5.80. The number of benzene rings is 2. The Balaban J connectivity index is 2.00. The van der Waals surface area contributed by atoms with Crippen molar-refractivity contribution in [1.82, 2.24) is 0 Å². The topological polar surface area (TPSA) is 32.5 Å². The van der Waals surface area contributed by atoms with Gasteiger partial charge in [0.05, 0.1) is 11.4 Å². The van der Waals surface area contributed by atoms with Crippen LogP contribution in [0.4, 0.5) is 17.1 Å². The number of rotatable bonds is 3. The van der Waals surface area contributed by atoms with Crippen LogP contribution in [0.1, 0.15) is 11.1 Å². The first-order chi connectivity index (χ1) is 10.2. The second-order valence-corrected chi connectivity index (χ2v) is 5.72. The molecule has 0 saturated carbocycles. The molecule has 0 bridgehead atoms. The van der Waals surface area contributed by atoms with Crippen molar-refractivity contribution < 1.29 is 0 Å². The van der Waals surface area contributed by atoms with Crippen LogP contribution in [0.25, 0.3) is 0 Å². The lowest BCUT2D eigenvalue weighted by atomic mass is 10.0. The van der Waals surface area contributed by atoms with E-state index in [-0.39, 0.29) is 0 Å². The number of anilines is 3. The summed E-state index contributed by atoms with van der Waals surface area (Å²) in [5.74, 6) is 0. The Hall–Kier alpha value is -2.00. The first-order valence-corrected chi connectivity index (χ1v) is 7.58. The zero-order chi connectivity index (χ0) is 14.8. The van der Waals surface area contributed by atoms with E-state index in [0.717, 1.165) is 19.5 Å². The summed E-state index contributed by atoms with van der Waals surface area (Å²) in [5, 5.41) is 0. The fourth-order valence-corrected chi connectivity index (χ4v) is 3.10. The van der Waals surface area contributed by atoms with Gasteiger partial charge in [0.2, 0.25) is 0 Å². The minimum atomic E-state index is 0.704. The summed E-state index contributed by atoms with van der Waals surface area (Å²) < 4.78 is 0. The zero-order valence-electron chi connectivity index (χ0n) is 12.8. The zero-order valence-corrected chi connectivity index (χ0v) is 12.8. The number of hydrogen-bond donors (Lipinski definition) is 1. The molecule has 3 nitrogen and oxygen atoms in total. The maximum absolute atomic E-state index is 5.65. The quantitative estimate of drug-likeness (QED) is 0.938. The third-order valence-corrected chi connectivity index (χ3v) is 4.23. The molecule has 1 aliphatic heterocycles. The summed E-state index contributed by atoms with van der Waals surface area (Å²) in [6, 6.07) is 15.3. The summed E-state index contributed by atoms with van der Waals surface area (Å²) in [6.07, 6.45) is 0.945. The Morgan fingerprint density at radius 1 is 1.00 bits per heavy atom. The van der Waals surface area contributed by atoms with E-state index >= 15 is 0 Å². The van der Waals surface area contributed by atoms with Crippen LogP contribution in [0.5, 0.6) is 0 Å². The van der Waals surface area contributed by atoms with Crippen molar-refractivity contribution in [3.63, 3.8) is 0 Å². The average Bonchev–Trinajstić information content (AvgIpc) is 2.49. The second-order valence-electron chi connectivity index (χ2n) is 5.72. The average molecular weight is 281 g/mol. The minimum absolute atomic E-state index is 0.704. The van der Waals surface area contributed by atoms with Gasteiger partial charge in [0.1, 0.15) is 0 Å². The van der Waals surface area contributed by atoms with Crippen LogP contribution in [-0.4, -0.2) is 26.7 Å². The van der Waals surface area contributed by atoms with Crippen LogP contribution in [0.3, 0.4) is 0 Å². The van der Waals surface area contributed by atoms with Crippen LogP contribution in [0.15, 0.2) is 42.5 Å². The third-order valence-electron chi connectivity index (χ3n) is 4.23. The first-order valence-electron chi connectivity index (χ1n) is 7.58. The lowest BCUT2D eigenvalue weighted by Crippen LogP contribution is -2.36. The normalized spacial score (nSPS) is 14.2. The molecule has 0 atom stereocenters. The molecule has 3 heteroatoms. The molecular formula is C18H23N3. The molecule has 0 fully saturated rings. The smallest absolute Gasteiger partial charge is 0.0649 e. The van der Waals surface area contributed by atoms with Gasteiger partial charge in [0.15, 0.2) is 0 Å². The van der Waals surface area contributed by atoms with E-state index in [1.54, 1.807) is 0 Å². The van der Waals surface area contributed by atoms with E-state index in [4.69, 9.17) is 5.73 Å². The van der Waals surface area contributed by atoms with Crippen molar-refractivity contribution in [2.75, 3.05) is 36.5 Å². The molecule has 0 aromatic heterocycles. The lowest BCUT2D eigenvalue weighted by molar-refractivity contribution is 0.819. The van der Waals surface area contributed by atoms with Crippen molar-refractivity contribution in [3.05, 3.63) is 53.6 Å². The summed E-state index contributed by atoms with van der Waals surface area (Å²) in [7, 11) is 2.16. The summed E-state index contributed by atoms with van der Waals surface area (Å²) in [6.45, 7) is 4.96. The highest BCUT2D eigenvalue weighted by Crippen LogP contribution is 2.38. The third kappa shape index (κ3) is 2.61. The number of para-hydroxylation sites is 2. The van der Waals surface area contributed by atoms with E-state index in [1.165, 1.54) is 28.2 Å². The molecular weight excluding hydrogens is 258 g/mol. The Morgan fingerprint density at radius 3 is 2.48 bits per heavy atom. The van der Waals surface area contributed by atoms with Crippen LogP contribution in [0.2, 0.25) is 0 Å². The Kier molecular flexibility index (Phi) is 3.84.